The van der Waals surface area contributed by atoms with Crippen molar-refractivity contribution in [2.45, 2.75) is 19.8 Å². The van der Waals surface area contributed by atoms with Crippen LogP contribution in [0, 0.1) is 6.92 Å². The first-order valence-electron chi connectivity index (χ1n) is 8.51. The summed E-state index contributed by atoms with van der Waals surface area (Å²) in [6, 6.07) is 12.8. The van der Waals surface area contributed by atoms with Gasteiger partial charge in [-0.05, 0) is 24.6 Å². The number of esters is 1. The number of hydrogen-bond acceptors (Lipinski definition) is 5. The van der Waals surface area contributed by atoms with Crippen LogP contribution < -0.4 is 14.8 Å². The van der Waals surface area contributed by atoms with Crippen LogP contribution in [0.1, 0.15) is 17.5 Å². The van der Waals surface area contributed by atoms with Gasteiger partial charge in [-0.1, -0.05) is 29.8 Å². The van der Waals surface area contributed by atoms with Crippen molar-refractivity contribution in [3.05, 3.63) is 53.6 Å². The van der Waals surface area contributed by atoms with E-state index < -0.39 is 11.9 Å². The standard InChI is InChI=1S/C20H21NO5/c1-14-3-5-15(6-4-14)11-20(23)26-13-19(22)21-16-7-8-17-18(12-16)25-10-2-9-24-17/h3-8,12H,2,9-11,13H2,1H3,(H,21,22). The molecule has 6 nitrogen and oxygen atoms in total. The summed E-state index contributed by atoms with van der Waals surface area (Å²) in [7, 11) is 0. The number of aryl methyl sites for hydroxylation is 1. The zero-order valence-electron chi connectivity index (χ0n) is 14.6. The van der Waals surface area contributed by atoms with Gasteiger partial charge >= 0.3 is 5.97 Å². The summed E-state index contributed by atoms with van der Waals surface area (Å²) in [6.07, 6.45) is 0.949. The Labute approximate surface area is 152 Å². The second-order valence-electron chi connectivity index (χ2n) is 6.08. The zero-order valence-corrected chi connectivity index (χ0v) is 14.6. The Morgan fingerprint density at radius 2 is 1.77 bits per heavy atom. The molecule has 6 heteroatoms. The van der Waals surface area contributed by atoms with Gasteiger partial charge in [-0.15, -0.1) is 0 Å². The van der Waals surface area contributed by atoms with E-state index in [0.29, 0.717) is 30.4 Å². The molecule has 26 heavy (non-hydrogen) atoms. The van der Waals surface area contributed by atoms with Crippen LogP contribution in [0.5, 0.6) is 11.5 Å². The molecule has 1 amide bonds. The molecule has 0 aromatic heterocycles. The van der Waals surface area contributed by atoms with Crippen molar-refractivity contribution >= 4 is 17.6 Å². The lowest BCUT2D eigenvalue weighted by Crippen LogP contribution is -2.21. The molecule has 3 rings (SSSR count). The Kier molecular flexibility index (Phi) is 5.73. The first kappa shape index (κ1) is 17.8. The second kappa shape index (κ2) is 8.38. The number of amides is 1. The van der Waals surface area contributed by atoms with Gasteiger partial charge in [0.05, 0.1) is 19.6 Å². The molecular formula is C20H21NO5. The van der Waals surface area contributed by atoms with Crippen LogP contribution in [0.25, 0.3) is 0 Å². The molecular weight excluding hydrogens is 334 g/mol. The maximum absolute atomic E-state index is 12.0. The minimum Gasteiger partial charge on any atom is -0.490 e. The highest BCUT2D eigenvalue weighted by Gasteiger charge is 2.13. The molecule has 0 aliphatic carbocycles. The van der Waals surface area contributed by atoms with E-state index in [-0.39, 0.29) is 13.0 Å². The normalized spacial score (nSPS) is 12.8. The molecule has 0 atom stereocenters. The molecule has 2 aromatic rings. The molecule has 136 valence electrons. The first-order chi connectivity index (χ1) is 12.6. The van der Waals surface area contributed by atoms with E-state index in [1.807, 2.05) is 31.2 Å². The topological polar surface area (TPSA) is 73.9 Å². The fourth-order valence-corrected chi connectivity index (χ4v) is 2.51. The Balaban J connectivity index is 1.48. The number of nitrogens with one attached hydrogen (secondary N) is 1. The number of hydrogen-bond donors (Lipinski definition) is 1. The Hall–Kier alpha value is -3.02. The maximum Gasteiger partial charge on any atom is 0.310 e. The highest BCUT2D eigenvalue weighted by molar-refractivity contribution is 5.93. The molecule has 1 aliphatic heterocycles. The summed E-state index contributed by atoms with van der Waals surface area (Å²) < 4.78 is 16.2. The number of carbonyl (C=O) groups is 2. The molecule has 0 saturated carbocycles. The van der Waals surface area contributed by atoms with Crippen LogP contribution in [0.4, 0.5) is 5.69 Å². The van der Waals surface area contributed by atoms with E-state index in [4.69, 9.17) is 14.2 Å². The fourth-order valence-electron chi connectivity index (χ4n) is 2.51. The highest BCUT2D eigenvalue weighted by Crippen LogP contribution is 2.32. The Bertz CT molecular complexity index is 785. The highest BCUT2D eigenvalue weighted by atomic mass is 16.5. The monoisotopic (exact) mass is 355 g/mol. The lowest BCUT2D eigenvalue weighted by molar-refractivity contribution is -0.146. The van der Waals surface area contributed by atoms with Gasteiger partial charge in [-0.3, -0.25) is 9.59 Å². The lowest BCUT2D eigenvalue weighted by atomic mass is 10.1. The van der Waals surface area contributed by atoms with Crippen molar-refractivity contribution in [3.8, 4) is 11.5 Å². The van der Waals surface area contributed by atoms with Gasteiger partial charge in [-0.2, -0.15) is 0 Å². The third-order valence-electron chi connectivity index (χ3n) is 3.86. The summed E-state index contributed by atoms with van der Waals surface area (Å²) >= 11 is 0. The van der Waals surface area contributed by atoms with Crippen LogP contribution >= 0.6 is 0 Å². The molecule has 1 aliphatic rings. The van der Waals surface area contributed by atoms with Gasteiger partial charge < -0.3 is 19.5 Å². The maximum atomic E-state index is 12.0. The van der Waals surface area contributed by atoms with Gasteiger partial charge in [0.15, 0.2) is 18.1 Å². The zero-order chi connectivity index (χ0) is 18.4. The predicted molar refractivity (Wildman–Crippen MR) is 96.5 cm³/mol. The number of fused-ring (bicyclic) bond motifs is 1. The largest absolute Gasteiger partial charge is 0.490 e. The summed E-state index contributed by atoms with van der Waals surface area (Å²) in [5.74, 6) is 0.404. The van der Waals surface area contributed by atoms with Crippen LogP contribution in [-0.4, -0.2) is 31.7 Å². The van der Waals surface area contributed by atoms with Crippen molar-refractivity contribution in [2.24, 2.45) is 0 Å². The van der Waals surface area contributed by atoms with E-state index in [1.54, 1.807) is 18.2 Å². The lowest BCUT2D eigenvalue weighted by Gasteiger charge is -2.10. The number of rotatable bonds is 5. The summed E-state index contributed by atoms with van der Waals surface area (Å²) in [5, 5.41) is 2.69. The quantitative estimate of drug-likeness (QED) is 0.835. The average Bonchev–Trinajstić information content (AvgIpc) is 2.87. The third kappa shape index (κ3) is 4.99. The van der Waals surface area contributed by atoms with Crippen molar-refractivity contribution in [1.82, 2.24) is 0 Å². The smallest absolute Gasteiger partial charge is 0.310 e. The molecule has 2 aromatic carbocycles. The fraction of sp³-hybridized carbons (Fsp3) is 0.300. The number of ether oxygens (including phenoxy) is 3. The molecule has 0 bridgehead atoms. The van der Waals surface area contributed by atoms with Gasteiger partial charge in [0, 0.05) is 18.2 Å². The molecule has 0 saturated heterocycles. The van der Waals surface area contributed by atoms with E-state index in [0.717, 1.165) is 17.5 Å². The van der Waals surface area contributed by atoms with Gasteiger partial charge in [0.25, 0.3) is 5.91 Å². The van der Waals surface area contributed by atoms with E-state index >= 15 is 0 Å². The minimum absolute atomic E-state index is 0.136. The van der Waals surface area contributed by atoms with Crippen molar-refractivity contribution in [3.63, 3.8) is 0 Å². The van der Waals surface area contributed by atoms with Gasteiger partial charge in [-0.25, -0.2) is 0 Å². The van der Waals surface area contributed by atoms with E-state index in [9.17, 15) is 9.59 Å². The van der Waals surface area contributed by atoms with Crippen molar-refractivity contribution in [2.75, 3.05) is 25.1 Å². The number of benzene rings is 2. The van der Waals surface area contributed by atoms with Gasteiger partial charge in [0.1, 0.15) is 0 Å². The first-order valence-corrected chi connectivity index (χ1v) is 8.51. The predicted octanol–water partition coefficient (Wildman–Crippen LogP) is 2.88. The van der Waals surface area contributed by atoms with Gasteiger partial charge in [0.2, 0.25) is 0 Å². The van der Waals surface area contributed by atoms with Crippen LogP contribution in [0.15, 0.2) is 42.5 Å². The van der Waals surface area contributed by atoms with Crippen LogP contribution in [-0.2, 0) is 20.7 Å². The molecule has 1 N–H and O–H groups in total. The second-order valence-corrected chi connectivity index (χ2v) is 6.08. The van der Waals surface area contributed by atoms with Crippen LogP contribution in [0.2, 0.25) is 0 Å². The molecule has 0 unspecified atom stereocenters. The van der Waals surface area contributed by atoms with E-state index in [1.165, 1.54) is 0 Å². The average molecular weight is 355 g/mol. The molecule has 0 fully saturated rings. The molecule has 0 spiro atoms. The van der Waals surface area contributed by atoms with Crippen molar-refractivity contribution < 1.29 is 23.8 Å². The Morgan fingerprint density at radius 3 is 2.54 bits per heavy atom. The minimum atomic E-state index is -0.442. The number of carbonyl (C=O) groups excluding carboxylic acids is 2. The number of anilines is 1. The summed E-state index contributed by atoms with van der Waals surface area (Å²) in [5.41, 5.74) is 2.54. The van der Waals surface area contributed by atoms with Crippen LogP contribution in [0.3, 0.4) is 0 Å². The summed E-state index contributed by atoms with van der Waals surface area (Å²) in [6.45, 7) is 2.82. The summed E-state index contributed by atoms with van der Waals surface area (Å²) in [4.78, 5) is 23.8. The Morgan fingerprint density at radius 1 is 1.04 bits per heavy atom. The SMILES string of the molecule is Cc1ccc(CC(=O)OCC(=O)Nc2ccc3c(c2)OCCCO3)cc1. The molecule has 0 radical (unpaired) electrons. The van der Waals surface area contributed by atoms with E-state index in [2.05, 4.69) is 5.32 Å². The third-order valence-corrected chi connectivity index (χ3v) is 3.86. The molecule has 1 heterocycles. The van der Waals surface area contributed by atoms with Crippen molar-refractivity contribution in [1.29, 1.82) is 0 Å².